The summed E-state index contributed by atoms with van der Waals surface area (Å²) in [5, 5.41) is 13.1. The minimum Gasteiger partial charge on any atom is -0.389 e. The minimum absolute atomic E-state index is 0.291. The number of para-hydroxylation sites is 2. The highest BCUT2D eigenvalue weighted by atomic mass is 16.3. The van der Waals surface area contributed by atoms with Gasteiger partial charge in [-0.2, -0.15) is 0 Å². The number of aliphatic hydroxyl groups is 1. The summed E-state index contributed by atoms with van der Waals surface area (Å²) in [6.45, 7) is 3.68. The van der Waals surface area contributed by atoms with E-state index in [0.29, 0.717) is 28.1 Å². The Kier molecular flexibility index (Phi) is 7.09. The number of benzene rings is 4. The number of hydrogen-bond donors (Lipinski definition) is 2. The summed E-state index contributed by atoms with van der Waals surface area (Å²) in [4.78, 5) is 28.4. The summed E-state index contributed by atoms with van der Waals surface area (Å²) >= 11 is 0. The van der Waals surface area contributed by atoms with Gasteiger partial charge in [0.25, 0.3) is 11.8 Å². The van der Waals surface area contributed by atoms with E-state index in [9.17, 15) is 14.7 Å². The quantitative estimate of drug-likeness (QED) is 0.355. The van der Waals surface area contributed by atoms with Crippen LogP contribution in [-0.4, -0.2) is 24.0 Å². The van der Waals surface area contributed by atoms with Gasteiger partial charge < -0.3 is 15.3 Å². The van der Waals surface area contributed by atoms with Crippen LogP contribution in [0.2, 0.25) is 0 Å². The molecule has 5 heteroatoms. The molecule has 176 valence electrons. The summed E-state index contributed by atoms with van der Waals surface area (Å²) in [5.41, 5.74) is 5.45. The largest absolute Gasteiger partial charge is 0.389 e. The molecule has 5 nitrogen and oxygen atoms in total. The van der Waals surface area contributed by atoms with Crippen molar-refractivity contribution in [2.24, 2.45) is 0 Å². The number of anilines is 2. The van der Waals surface area contributed by atoms with Gasteiger partial charge in [-0.1, -0.05) is 72.8 Å². The van der Waals surface area contributed by atoms with Gasteiger partial charge in [-0.25, -0.2) is 0 Å². The van der Waals surface area contributed by atoms with E-state index >= 15 is 0 Å². The lowest BCUT2D eigenvalue weighted by molar-refractivity contribution is 0.0993. The van der Waals surface area contributed by atoms with Crippen LogP contribution in [0.4, 0.5) is 11.4 Å². The smallest absolute Gasteiger partial charge is 0.260 e. The third-order valence-electron chi connectivity index (χ3n) is 6.07. The summed E-state index contributed by atoms with van der Waals surface area (Å²) < 4.78 is 0. The molecule has 2 N–H and O–H groups in total. The molecular weight excluding hydrogens is 436 g/mol. The van der Waals surface area contributed by atoms with Crippen molar-refractivity contribution in [2.75, 3.05) is 17.3 Å². The number of aryl methyl sites for hydroxylation is 1. The molecule has 0 aliphatic rings. The van der Waals surface area contributed by atoms with Crippen molar-refractivity contribution in [3.05, 3.63) is 119 Å². The predicted molar refractivity (Wildman–Crippen MR) is 141 cm³/mol. The SMILES string of the molecule is Cc1ccccc1-c1ccccc1C(=O)Nc1ccccc1C(=O)N(C)c1ccccc1C(C)O. The van der Waals surface area contributed by atoms with Crippen LogP contribution in [0.5, 0.6) is 0 Å². The molecule has 0 saturated carbocycles. The van der Waals surface area contributed by atoms with Crippen molar-refractivity contribution in [2.45, 2.75) is 20.0 Å². The summed E-state index contributed by atoms with van der Waals surface area (Å²) in [7, 11) is 1.66. The van der Waals surface area contributed by atoms with E-state index in [-0.39, 0.29) is 11.8 Å². The van der Waals surface area contributed by atoms with Crippen LogP contribution in [0.25, 0.3) is 11.1 Å². The van der Waals surface area contributed by atoms with Gasteiger partial charge in [0.1, 0.15) is 0 Å². The second-order valence-corrected chi connectivity index (χ2v) is 8.46. The molecule has 4 aromatic carbocycles. The normalized spacial score (nSPS) is 11.5. The number of aliphatic hydroxyl groups excluding tert-OH is 1. The lowest BCUT2D eigenvalue weighted by atomic mass is 9.95. The van der Waals surface area contributed by atoms with E-state index in [1.54, 1.807) is 56.4 Å². The number of rotatable bonds is 6. The molecule has 1 atom stereocenters. The Morgan fingerprint density at radius 3 is 2.06 bits per heavy atom. The average Bonchev–Trinajstić information content (AvgIpc) is 2.88. The molecule has 4 aromatic rings. The fourth-order valence-corrected chi connectivity index (χ4v) is 4.20. The van der Waals surface area contributed by atoms with Crippen LogP contribution in [0, 0.1) is 6.92 Å². The first-order valence-corrected chi connectivity index (χ1v) is 11.5. The van der Waals surface area contributed by atoms with Crippen LogP contribution in [0.1, 0.15) is 44.9 Å². The second-order valence-electron chi connectivity index (χ2n) is 8.46. The summed E-state index contributed by atoms with van der Waals surface area (Å²) in [5.74, 6) is -0.586. The molecule has 0 aliphatic heterocycles. The first-order valence-electron chi connectivity index (χ1n) is 11.5. The molecule has 0 bridgehead atoms. The third kappa shape index (κ3) is 5.00. The van der Waals surface area contributed by atoms with Gasteiger partial charge in [-0.15, -0.1) is 0 Å². The lowest BCUT2D eigenvalue weighted by Crippen LogP contribution is -2.29. The maximum Gasteiger partial charge on any atom is 0.260 e. The zero-order chi connectivity index (χ0) is 24.9. The minimum atomic E-state index is -0.727. The van der Waals surface area contributed by atoms with E-state index in [1.165, 1.54) is 4.90 Å². The highest BCUT2D eigenvalue weighted by Crippen LogP contribution is 2.30. The zero-order valence-corrected chi connectivity index (χ0v) is 20.0. The molecule has 2 amide bonds. The first-order chi connectivity index (χ1) is 16.9. The maximum atomic E-state index is 13.5. The summed E-state index contributed by atoms with van der Waals surface area (Å²) in [6, 6.07) is 29.5. The number of nitrogens with zero attached hydrogens (tertiary/aromatic N) is 1. The van der Waals surface area contributed by atoms with Crippen molar-refractivity contribution >= 4 is 23.2 Å². The Morgan fingerprint density at radius 2 is 1.34 bits per heavy atom. The number of amides is 2. The fraction of sp³-hybridized carbons (Fsp3) is 0.133. The molecule has 1 unspecified atom stereocenters. The molecule has 0 fully saturated rings. The monoisotopic (exact) mass is 464 g/mol. The third-order valence-corrected chi connectivity index (χ3v) is 6.07. The molecule has 0 aromatic heterocycles. The highest BCUT2D eigenvalue weighted by molar-refractivity contribution is 6.14. The van der Waals surface area contributed by atoms with E-state index in [1.807, 2.05) is 61.5 Å². The fourth-order valence-electron chi connectivity index (χ4n) is 4.20. The zero-order valence-electron chi connectivity index (χ0n) is 20.0. The Labute approximate surface area is 205 Å². The van der Waals surface area contributed by atoms with Crippen molar-refractivity contribution in [3.8, 4) is 11.1 Å². The molecule has 0 aliphatic carbocycles. The molecule has 0 radical (unpaired) electrons. The van der Waals surface area contributed by atoms with Crippen LogP contribution >= 0.6 is 0 Å². The van der Waals surface area contributed by atoms with E-state index < -0.39 is 6.10 Å². The number of carbonyl (C=O) groups excluding carboxylic acids is 2. The van der Waals surface area contributed by atoms with Gasteiger partial charge in [-0.05, 0) is 54.8 Å². The first kappa shape index (κ1) is 23.9. The van der Waals surface area contributed by atoms with Crippen molar-refractivity contribution < 1.29 is 14.7 Å². The molecule has 0 saturated heterocycles. The highest BCUT2D eigenvalue weighted by Gasteiger charge is 2.22. The van der Waals surface area contributed by atoms with Crippen molar-refractivity contribution in [1.29, 1.82) is 0 Å². The van der Waals surface area contributed by atoms with Crippen molar-refractivity contribution in [1.82, 2.24) is 0 Å². The topological polar surface area (TPSA) is 69.6 Å². The molecule has 0 heterocycles. The van der Waals surface area contributed by atoms with E-state index in [2.05, 4.69) is 5.32 Å². The van der Waals surface area contributed by atoms with E-state index in [0.717, 1.165) is 16.7 Å². The number of carbonyl (C=O) groups is 2. The predicted octanol–water partition coefficient (Wildman–Crippen LogP) is 6.24. The molecule has 0 spiro atoms. The number of hydrogen-bond acceptors (Lipinski definition) is 3. The number of nitrogens with one attached hydrogen (secondary N) is 1. The maximum absolute atomic E-state index is 13.5. The van der Waals surface area contributed by atoms with Crippen molar-refractivity contribution in [3.63, 3.8) is 0 Å². The summed E-state index contributed by atoms with van der Waals surface area (Å²) in [6.07, 6.45) is -0.727. The van der Waals surface area contributed by atoms with Crippen LogP contribution in [0.3, 0.4) is 0 Å². The van der Waals surface area contributed by atoms with Gasteiger partial charge in [-0.3, -0.25) is 9.59 Å². The van der Waals surface area contributed by atoms with Gasteiger partial charge in [0.05, 0.1) is 17.4 Å². The second kappa shape index (κ2) is 10.4. The Balaban J connectivity index is 1.66. The van der Waals surface area contributed by atoms with Gasteiger partial charge in [0.2, 0.25) is 0 Å². The Morgan fingerprint density at radius 1 is 0.771 bits per heavy atom. The lowest BCUT2D eigenvalue weighted by Gasteiger charge is -2.23. The van der Waals surface area contributed by atoms with Gasteiger partial charge in [0.15, 0.2) is 0 Å². The van der Waals surface area contributed by atoms with Crippen LogP contribution in [0.15, 0.2) is 97.1 Å². The van der Waals surface area contributed by atoms with Gasteiger partial charge in [0, 0.05) is 23.9 Å². The molecule has 4 rings (SSSR count). The van der Waals surface area contributed by atoms with Gasteiger partial charge >= 0.3 is 0 Å². The Bertz CT molecular complexity index is 1380. The molecular formula is C30H28N2O3. The van der Waals surface area contributed by atoms with Crippen LogP contribution in [-0.2, 0) is 0 Å². The average molecular weight is 465 g/mol. The Hall–Kier alpha value is -4.22. The van der Waals surface area contributed by atoms with Crippen LogP contribution < -0.4 is 10.2 Å². The van der Waals surface area contributed by atoms with E-state index in [4.69, 9.17) is 0 Å². The molecule has 35 heavy (non-hydrogen) atoms. The standard InChI is InChI=1S/C30H28N2O3/c1-20-12-4-5-13-22(20)24-15-6-7-16-25(24)29(34)31-27-18-10-8-17-26(27)30(35)32(3)28-19-11-9-14-23(28)21(2)33/h4-19,21,33H,1-3H3,(H,31,34).